The van der Waals surface area contributed by atoms with E-state index in [2.05, 4.69) is 63.8 Å². The number of aromatic nitrogens is 2. The number of hydrogen-bond donors (Lipinski definition) is 2. The fraction of sp³-hybridized carbons (Fsp3) is 0.235. The molecule has 0 aliphatic carbocycles. The van der Waals surface area contributed by atoms with Crippen molar-refractivity contribution >= 4 is 16.7 Å². The highest BCUT2D eigenvalue weighted by Gasteiger charge is 2.00. The van der Waals surface area contributed by atoms with Gasteiger partial charge in [-0.05, 0) is 43.5 Å². The Bertz CT molecular complexity index is 686. The number of benzene rings is 2. The second-order valence-corrected chi connectivity index (χ2v) is 5.07. The molecule has 0 atom stereocenters. The summed E-state index contributed by atoms with van der Waals surface area (Å²) in [5.74, 6) is 0.959. The highest BCUT2D eigenvalue weighted by atomic mass is 14.9. The van der Waals surface area contributed by atoms with Crippen molar-refractivity contribution < 1.29 is 0 Å². The van der Waals surface area contributed by atoms with Gasteiger partial charge in [0.1, 0.15) is 5.82 Å². The van der Waals surface area contributed by atoms with Gasteiger partial charge in [-0.2, -0.15) is 0 Å². The molecular formula is C17H19N3. The van der Waals surface area contributed by atoms with Gasteiger partial charge in [0.25, 0.3) is 0 Å². The summed E-state index contributed by atoms with van der Waals surface area (Å²) in [6.45, 7) is 2.96. The maximum atomic E-state index is 4.41. The SMILES string of the molecule is Cc1nc2ccc(NCCCc3ccccc3)cc2[nH]1. The summed E-state index contributed by atoms with van der Waals surface area (Å²) >= 11 is 0. The van der Waals surface area contributed by atoms with Crippen molar-refractivity contribution in [2.24, 2.45) is 0 Å². The van der Waals surface area contributed by atoms with Gasteiger partial charge in [-0.25, -0.2) is 4.98 Å². The predicted molar refractivity (Wildman–Crippen MR) is 84.1 cm³/mol. The zero-order chi connectivity index (χ0) is 13.8. The Balaban J connectivity index is 1.54. The van der Waals surface area contributed by atoms with Crippen LogP contribution in [-0.2, 0) is 6.42 Å². The monoisotopic (exact) mass is 265 g/mol. The molecule has 0 aliphatic rings. The van der Waals surface area contributed by atoms with E-state index in [9.17, 15) is 0 Å². The minimum atomic E-state index is 0.959. The van der Waals surface area contributed by atoms with E-state index in [1.54, 1.807) is 0 Å². The van der Waals surface area contributed by atoms with Crippen LogP contribution in [-0.4, -0.2) is 16.5 Å². The third-order valence-electron chi connectivity index (χ3n) is 3.41. The molecule has 0 spiro atoms. The lowest BCUT2D eigenvalue weighted by Crippen LogP contribution is -2.02. The quantitative estimate of drug-likeness (QED) is 0.686. The first-order chi connectivity index (χ1) is 9.81. The first-order valence-electron chi connectivity index (χ1n) is 7.05. The summed E-state index contributed by atoms with van der Waals surface area (Å²) in [6.07, 6.45) is 2.24. The molecule has 2 aromatic carbocycles. The van der Waals surface area contributed by atoms with Crippen molar-refractivity contribution in [3.8, 4) is 0 Å². The van der Waals surface area contributed by atoms with Crippen molar-refractivity contribution in [1.82, 2.24) is 9.97 Å². The Labute approximate surface area is 119 Å². The van der Waals surface area contributed by atoms with Gasteiger partial charge in [0.15, 0.2) is 0 Å². The molecule has 0 bridgehead atoms. The molecule has 0 unspecified atom stereocenters. The van der Waals surface area contributed by atoms with Crippen LogP contribution in [0.25, 0.3) is 11.0 Å². The Morgan fingerprint density at radius 1 is 1.10 bits per heavy atom. The van der Waals surface area contributed by atoms with Crippen LogP contribution in [0, 0.1) is 6.92 Å². The van der Waals surface area contributed by atoms with Gasteiger partial charge in [0.2, 0.25) is 0 Å². The summed E-state index contributed by atoms with van der Waals surface area (Å²) in [5.41, 5.74) is 4.66. The maximum Gasteiger partial charge on any atom is 0.104 e. The Morgan fingerprint density at radius 2 is 1.95 bits per heavy atom. The van der Waals surface area contributed by atoms with Crippen molar-refractivity contribution in [3.63, 3.8) is 0 Å². The second-order valence-electron chi connectivity index (χ2n) is 5.07. The molecule has 20 heavy (non-hydrogen) atoms. The van der Waals surface area contributed by atoms with Crippen LogP contribution in [0.1, 0.15) is 17.8 Å². The molecule has 0 saturated heterocycles. The molecule has 0 aliphatic heterocycles. The van der Waals surface area contributed by atoms with E-state index in [-0.39, 0.29) is 0 Å². The lowest BCUT2D eigenvalue weighted by molar-refractivity contribution is 0.863. The number of rotatable bonds is 5. The van der Waals surface area contributed by atoms with Crippen molar-refractivity contribution in [2.45, 2.75) is 19.8 Å². The third-order valence-corrected chi connectivity index (χ3v) is 3.41. The molecule has 3 nitrogen and oxygen atoms in total. The number of anilines is 1. The largest absolute Gasteiger partial charge is 0.385 e. The van der Waals surface area contributed by atoms with Gasteiger partial charge in [-0.1, -0.05) is 30.3 Å². The molecule has 0 saturated carbocycles. The van der Waals surface area contributed by atoms with Crippen LogP contribution < -0.4 is 5.32 Å². The van der Waals surface area contributed by atoms with Gasteiger partial charge in [-0.3, -0.25) is 0 Å². The summed E-state index contributed by atoms with van der Waals surface area (Å²) in [6, 6.07) is 16.9. The molecule has 102 valence electrons. The fourth-order valence-electron chi connectivity index (χ4n) is 2.42. The van der Waals surface area contributed by atoms with Crippen LogP contribution >= 0.6 is 0 Å². The zero-order valence-electron chi connectivity index (χ0n) is 11.7. The van der Waals surface area contributed by atoms with Crippen LogP contribution in [0.3, 0.4) is 0 Å². The van der Waals surface area contributed by atoms with Crippen molar-refractivity contribution in [2.75, 3.05) is 11.9 Å². The first kappa shape index (κ1) is 12.7. The number of imidazole rings is 1. The highest BCUT2D eigenvalue weighted by Crippen LogP contribution is 2.17. The molecule has 0 radical (unpaired) electrons. The molecule has 2 N–H and O–H groups in total. The average Bonchev–Trinajstić information content (AvgIpc) is 2.84. The van der Waals surface area contributed by atoms with E-state index in [0.717, 1.165) is 41.9 Å². The minimum absolute atomic E-state index is 0.959. The molecule has 3 rings (SSSR count). The van der Waals surface area contributed by atoms with Crippen molar-refractivity contribution in [3.05, 3.63) is 59.9 Å². The van der Waals surface area contributed by atoms with Gasteiger partial charge < -0.3 is 10.3 Å². The second kappa shape index (κ2) is 5.78. The van der Waals surface area contributed by atoms with Crippen molar-refractivity contribution in [1.29, 1.82) is 0 Å². The molecule has 0 fully saturated rings. The van der Waals surface area contributed by atoms with E-state index >= 15 is 0 Å². The zero-order valence-corrected chi connectivity index (χ0v) is 11.7. The molecule has 3 aromatic rings. The van der Waals surface area contributed by atoms with Gasteiger partial charge in [-0.15, -0.1) is 0 Å². The van der Waals surface area contributed by atoms with Crippen LogP contribution in [0.5, 0.6) is 0 Å². The standard InChI is InChI=1S/C17H19N3/c1-13-19-16-10-9-15(12-17(16)20-13)18-11-5-8-14-6-3-2-4-7-14/h2-4,6-7,9-10,12,18H,5,8,11H2,1H3,(H,19,20). The van der Waals surface area contributed by atoms with Gasteiger partial charge in [0.05, 0.1) is 11.0 Å². The van der Waals surface area contributed by atoms with E-state index < -0.39 is 0 Å². The van der Waals surface area contributed by atoms with Gasteiger partial charge in [0, 0.05) is 12.2 Å². The number of H-pyrrole nitrogens is 1. The average molecular weight is 265 g/mol. The molecule has 1 aromatic heterocycles. The van der Waals surface area contributed by atoms with Crippen LogP contribution in [0.4, 0.5) is 5.69 Å². The predicted octanol–water partition coefficient (Wildman–Crippen LogP) is 3.92. The topological polar surface area (TPSA) is 40.7 Å². The van der Waals surface area contributed by atoms with E-state index in [0.29, 0.717) is 0 Å². The third kappa shape index (κ3) is 2.99. The molecule has 3 heteroatoms. The summed E-state index contributed by atoms with van der Waals surface area (Å²) in [4.78, 5) is 7.67. The normalized spacial score (nSPS) is 10.8. The lowest BCUT2D eigenvalue weighted by Gasteiger charge is -2.06. The van der Waals surface area contributed by atoms with Crippen LogP contribution in [0.2, 0.25) is 0 Å². The Hall–Kier alpha value is -2.29. The molecular weight excluding hydrogens is 246 g/mol. The summed E-state index contributed by atoms with van der Waals surface area (Å²) in [7, 11) is 0. The maximum absolute atomic E-state index is 4.41. The van der Waals surface area contributed by atoms with E-state index in [1.165, 1.54) is 5.56 Å². The lowest BCUT2D eigenvalue weighted by atomic mass is 10.1. The number of hydrogen-bond acceptors (Lipinski definition) is 2. The molecule has 0 amide bonds. The van der Waals surface area contributed by atoms with Crippen LogP contribution in [0.15, 0.2) is 48.5 Å². The smallest absolute Gasteiger partial charge is 0.104 e. The molecule has 1 heterocycles. The summed E-state index contributed by atoms with van der Waals surface area (Å²) in [5, 5.41) is 3.47. The minimum Gasteiger partial charge on any atom is -0.385 e. The Kier molecular flexibility index (Phi) is 3.68. The van der Waals surface area contributed by atoms with E-state index in [1.807, 2.05) is 6.92 Å². The number of nitrogens with one attached hydrogen (secondary N) is 2. The summed E-state index contributed by atoms with van der Waals surface area (Å²) < 4.78 is 0. The highest BCUT2D eigenvalue weighted by molar-refractivity contribution is 5.79. The number of fused-ring (bicyclic) bond motifs is 1. The number of nitrogens with zero attached hydrogens (tertiary/aromatic N) is 1. The fourth-order valence-corrected chi connectivity index (χ4v) is 2.42. The first-order valence-corrected chi connectivity index (χ1v) is 7.05. The van der Waals surface area contributed by atoms with Gasteiger partial charge >= 0.3 is 0 Å². The number of aryl methyl sites for hydroxylation is 2. The number of aromatic amines is 1. The van der Waals surface area contributed by atoms with E-state index in [4.69, 9.17) is 0 Å². The Morgan fingerprint density at radius 3 is 2.80 bits per heavy atom.